The lowest BCUT2D eigenvalue weighted by atomic mass is 10.1. The summed E-state index contributed by atoms with van der Waals surface area (Å²) in [5.74, 6) is -0.221. The molecule has 3 nitrogen and oxygen atoms in total. The standard InChI is InChI=1S/C26H28FN3.ClH/c1-17-6-7-18(2)21(14-17)15-30-20(4)19(3)24-12-13-28-25(26(24)30)16-29(5)23-10-8-22(27)9-11-23;/h6-14H,15-16H2,1-5H3;1H. The van der Waals surface area contributed by atoms with Crippen molar-refractivity contribution >= 4 is 29.0 Å². The normalized spacial score (nSPS) is 10.9. The zero-order valence-electron chi connectivity index (χ0n) is 18.7. The summed E-state index contributed by atoms with van der Waals surface area (Å²) in [6, 6.07) is 15.3. The van der Waals surface area contributed by atoms with E-state index in [0.717, 1.165) is 17.9 Å². The van der Waals surface area contributed by atoms with E-state index in [1.807, 2.05) is 13.2 Å². The quantitative estimate of drug-likeness (QED) is 0.354. The van der Waals surface area contributed by atoms with Crippen LogP contribution < -0.4 is 4.90 Å². The van der Waals surface area contributed by atoms with Crippen molar-refractivity contribution < 1.29 is 4.39 Å². The highest BCUT2D eigenvalue weighted by Gasteiger charge is 2.17. The molecule has 0 fully saturated rings. The van der Waals surface area contributed by atoms with Crippen LogP contribution in [-0.4, -0.2) is 16.6 Å². The Balaban J connectivity index is 0.00000272. The van der Waals surface area contributed by atoms with Crippen LogP contribution >= 0.6 is 12.4 Å². The fraction of sp³-hybridized carbons (Fsp3) is 0.269. The van der Waals surface area contributed by atoms with E-state index in [2.05, 4.69) is 61.4 Å². The number of rotatable bonds is 5. The fourth-order valence-electron chi connectivity index (χ4n) is 4.13. The summed E-state index contributed by atoms with van der Waals surface area (Å²) in [7, 11) is 2.02. The van der Waals surface area contributed by atoms with E-state index in [4.69, 9.17) is 4.98 Å². The topological polar surface area (TPSA) is 21.1 Å². The summed E-state index contributed by atoms with van der Waals surface area (Å²) in [4.78, 5) is 6.86. The van der Waals surface area contributed by atoms with Crippen LogP contribution in [-0.2, 0) is 13.1 Å². The largest absolute Gasteiger partial charge is 0.369 e. The molecular formula is C26H29ClFN3. The third-order valence-corrected chi connectivity index (χ3v) is 6.11. The van der Waals surface area contributed by atoms with Gasteiger partial charge in [0.05, 0.1) is 17.8 Å². The van der Waals surface area contributed by atoms with Crippen molar-refractivity contribution in [3.8, 4) is 0 Å². The molecule has 0 unspecified atom stereocenters. The summed E-state index contributed by atoms with van der Waals surface area (Å²) in [6.07, 6.45) is 1.89. The molecule has 2 aromatic heterocycles. The summed E-state index contributed by atoms with van der Waals surface area (Å²) in [6.45, 7) is 10.2. The van der Waals surface area contributed by atoms with E-state index in [9.17, 15) is 4.39 Å². The monoisotopic (exact) mass is 437 g/mol. The van der Waals surface area contributed by atoms with Crippen molar-refractivity contribution in [1.29, 1.82) is 0 Å². The molecule has 0 spiro atoms. The number of pyridine rings is 1. The molecule has 5 heteroatoms. The second-order valence-electron chi connectivity index (χ2n) is 8.21. The minimum atomic E-state index is -0.221. The molecule has 31 heavy (non-hydrogen) atoms. The van der Waals surface area contributed by atoms with Crippen LogP contribution in [0.15, 0.2) is 54.7 Å². The van der Waals surface area contributed by atoms with Gasteiger partial charge >= 0.3 is 0 Å². The maximum absolute atomic E-state index is 13.3. The van der Waals surface area contributed by atoms with E-state index >= 15 is 0 Å². The molecule has 4 aromatic rings. The molecule has 0 aliphatic carbocycles. The van der Waals surface area contributed by atoms with Gasteiger partial charge in [-0.3, -0.25) is 4.98 Å². The highest BCUT2D eigenvalue weighted by Crippen LogP contribution is 2.29. The van der Waals surface area contributed by atoms with Crippen LogP contribution in [0.4, 0.5) is 10.1 Å². The van der Waals surface area contributed by atoms with Crippen LogP contribution in [0.1, 0.15) is 33.6 Å². The summed E-state index contributed by atoms with van der Waals surface area (Å²) >= 11 is 0. The number of benzene rings is 2. The minimum absolute atomic E-state index is 0. The van der Waals surface area contributed by atoms with Gasteiger partial charge in [0.2, 0.25) is 0 Å². The molecule has 0 atom stereocenters. The predicted molar refractivity (Wildman–Crippen MR) is 130 cm³/mol. The number of nitrogens with zero attached hydrogens (tertiary/aromatic N) is 3. The number of hydrogen-bond acceptors (Lipinski definition) is 2. The highest BCUT2D eigenvalue weighted by molar-refractivity contribution is 5.87. The van der Waals surface area contributed by atoms with E-state index in [1.54, 1.807) is 12.1 Å². The molecule has 0 aliphatic rings. The third-order valence-electron chi connectivity index (χ3n) is 6.11. The van der Waals surface area contributed by atoms with E-state index in [1.165, 1.54) is 51.0 Å². The summed E-state index contributed by atoms with van der Waals surface area (Å²) in [5, 5.41) is 1.25. The third kappa shape index (κ3) is 4.45. The molecule has 2 aromatic carbocycles. The Morgan fingerprint density at radius 3 is 2.39 bits per heavy atom. The van der Waals surface area contributed by atoms with Crippen LogP contribution in [0.3, 0.4) is 0 Å². The number of fused-ring (bicyclic) bond motifs is 1. The van der Waals surface area contributed by atoms with Crippen LogP contribution in [0, 0.1) is 33.5 Å². The van der Waals surface area contributed by atoms with Crippen LogP contribution in [0.25, 0.3) is 10.9 Å². The van der Waals surface area contributed by atoms with Crippen LogP contribution in [0.5, 0.6) is 0 Å². The Labute approximate surface area is 189 Å². The van der Waals surface area contributed by atoms with Gasteiger partial charge in [0.1, 0.15) is 5.82 Å². The maximum Gasteiger partial charge on any atom is 0.123 e. The molecule has 0 N–H and O–H groups in total. The number of halogens is 2. The lowest BCUT2D eigenvalue weighted by Gasteiger charge is -2.20. The zero-order valence-corrected chi connectivity index (χ0v) is 19.6. The van der Waals surface area contributed by atoms with Gasteiger partial charge in [-0.2, -0.15) is 0 Å². The first kappa shape index (κ1) is 22.8. The SMILES string of the molecule is Cc1ccc(C)c(Cn2c(C)c(C)c3ccnc(CN(C)c4ccc(F)cc4)c32)c1.Cl. The number of aromatic nitrogens is 2. The van der Waals surface area contributed by atoms with E-state index < -0.39 is 0 Å². The number of hydrogen-bond donors (Lipinski definition) is 0. The Hall–Kier alpha value is -2.85. The van der Waals surface area contributed by atoms with Crippen molar-refractivity contribution in [3.63, 3.8) is 0 Å². The van der Waals surface area contributed by atoms with Crippen molar-refractivity contribution in [1.82, 2.24) is 9.55 Å². The molecule has 2 heterocycles. The Bertz CT molecular complexity index is 1210. The van der Waals surface area contributed by atoms with Crippen molar-refractivity contribution in [2.24, 2.45) is 0 Å². The second-order valence-corrected chi connectivity index (χ2v) is 8.21. The Kier molecular flexibility index (Phi) is 6.71. The van der Waals surface area contributed by atoms with Gasteiger partial charge < -0.3 is 9.47 Å². The number of anilines is 1. The smallest absolute Gasteiger partial charge is 0.123 e. The molecule has 4 rings (SSSR count). The maximum atomic E-state index is 13.3. The lowest BCUT2D eigenvalue weighted by Crippen LogP contribution is -2.18. The molecule has 0 saturated carbocycles. The van der Waals surface area contributed by atoms with Gasteiger partial charge in [0.15, 0.2) is 0 Å². The summed E-state index contributed by atoms with van der Waals surface area (Å²) < 4.78 is 15.7. The first-order valence-corrected chi connectivity index (χ1v) is 10.3. The van der Waals surface area contributed by atoms with Crippen LogP contribution in [0.2, 0.25) is 0 Å². The number of aryl methyl sites for hydroxylation is 3. The van der Waals surface area contributed by atoms with E-state index in [-0.39, 0.29) is 18.2 Å². The zero-order chi connectivity index (χ0) is 21.4. The first-order valence-electron chi connectivity index (χ1n) is 10.3. The molecule has 0 saturated heterocycles. The van der Waals surface area contributed by atoms with Gasteiger partial charge in [0.25, 0.3) is 0 Å². The fourth-order valence-corrected chi connectivity index (χ4v) is 4.13. The van der Waals surface area contributed by atoms with Gasteiger partial charge in [-0.1, -0.05) is 23.8 Å². The average molecular weight is 438 g/mol. The minimum Gasteiger partial charge on any atom is -0.369 e. The highest BCUT2D eigenvalue weighted by atomic mass is 35.5. The molecular weight excluding hydrogens is 409 g/mol. The van der Waals surface area contributed by atoms with Gasteiger partial charge in [-0.25, -0.2) is 4.39 Å². The summed E-state index contributed by atoms with van der Waals surface area (Å²) in [5.41, 5.74) is 9.65. The van der Waals surface area contributed by atoms with Crippen molar-refractivity contribution in [2.75, 3.05) is 11.9 Å². The Morgan fingerprint density at radius 2 is 1.68 bits per heavy atom. The van der Waals surface area contributed by atoms with E-state index in [0.29, 0.717) is 6.54 Å². The second kappa shape index (κ2) is 9.11. The molecule has 0 amide bonds. The lowest BCUT2D eigenvalue weighted by molar-refractivity contribution is 0.627. The molecule has 162 valence electrons. The Morgan fingerprint density at radius 1 is 0.968 bits per heavy atom. The van der Waals surface area contributed by atoms with Crippen molar-refractivity contribution in [2.45, 2.75) is 40.8 Å². The molecule has 0 radical (unpaired) electrons. The average Bonchev–Trinajstić information content (AvgIpc) is 2.97. The molecule has 0 bridgehead atoms. The van der Waals surface area contributed by atoms with Crippen molar-refractivity contribution in [3.05, 3.63) is 94.2 Å². The molecule has 0 aliphatic heterocycles. The van der Waals surface area contributed by atoms with Gasteiger partial charge in [-0.05, 0) is 74.7 Å². The van der Waals surface area contributed by atoms with Gasteiger partial charge in [-0.15, -0.1) is 12.4 Å². The van der Waals surface area contributed by atoms with Gasteiger partial charge in [0, 0.05) is 36.6 Å². The first-order chi connectivity index (χ1) is 14.3. The predicted octanol–water partition coefficient (Wildman–Crippen LogP) is 6.52.